The van der Waals surface area contributed by atoms with E-state index in [0.29, 0.717) is 17.4 Å². The van der Waals surface area contributed by atoms with Gasteiger partial charge in [0.1, 0.15) is 11.6 Å². The average Bonchev–Trinajstić information content (AvgIpc) is 3.22. The Morgan fingerprint density at radius 2 is 1.91 bits per heavy atom. The molecule has 3 N–H and O–H groups in total. The predicted octanol–water partition coefficient (Wildman–Crippen LogP) is 5.36. The van der Waals surface area contributed by atoms with Crippen LogP contribution in [0.4, 0.5) is 17.2 Å². The molecule has 0 amide bonds. The number of para-hydroxylation sites is 1. The number of ether oxygens (including phenoxy) is 2. The molecular weight excluding hydrogens is 442 g/mol. The number of rotatable bonds is 7. The molecule has 0 aliphatic carbocycles. The maximum absolute atomic E-state index is 11.8. The van der Waals surface area contributed by atoms with Crippen LogP contribution >= 0.6 is 0 Å². The highest BCUT2D eigenvalue weighted by molar-refractivity contribution is 5.92. The summed E-state index contributed by atoms with van der Waals surface area (Å²) in [6.45, 7) is 5.56. The molecule has 1 aliphatic heterocycles. The highest BCUT2D eigenvalue weighted by Crippen LogP contribution is 2.33. The number of hydrogen-bond donors (Lipinski definition) is 3. The molecular formula is C27H27N5O3. The molecule has 8 nitrogen and oxygen atoms in total. The summed E-state index contributed by atoms with van der Waals surface area (Å²) in [5, 5.41) is 4.40. The Kier molecular flexibility index (Phi) is 6.20. The monoisotopic (exact) mass is 469 g/mol. The third-order valence-corrected chi connectivity index (χ3v) is 5.62. The Morgan fingerprint density at radius 3 is 2.77 bits per heavy atom. The van der Waals surface area contributed by atoms with Crippen molar-refractivity contribution in [3.05, 3.63) is 72.3 Å². The number of fused-ring (bicyclic) bond motifs is 2. The second-order valence-electron chi connectivity index (χ2n) is 8.69. The first-order chi connectivity index (χ1) is 17.0. The molecule has 0 bridgehead atoms. The number of carbonyl (C=O) groups is 1. The normalized spacial score (nSPS) is 14.5. The Hall–Kier alpha value is -4.17. The first-order valence-corrected chi connectivity index (χ1v) is 11.6. The van der Waals surface area contributed by atoms with Crippen molar-refractivity contribution in [1.29, 1.82) is 0 Å². The molecule has 2 heterocycles. The number of hydrogen-bond acceptors (Lipinski definition) is 8. The Morgan fingerprint density at radius 1 is 1.06 bits per heavy atom. The Bertz CT molecular complexity index is 1390. The summed E-state index contributed by atoms with van der Waals surface area (Å²) in [4.78, 5) is 21.5. The van der Waals surface area contributed by atoms with Crippen LogP contribution in [0.25, 0.3) is 22.3 Å². The van der Waals surface area contributed by atoms with Crippen molar-refractivity contribution in [3.8, 4) is 17.1 Å². The van der Waals surface area contributed by atoms with Crippen molar-refractivity contribution in [2.75, 3.05) is 17.3 Å². The van der Waals surface area contributed by atoms with E-state index in [1.54, 1.807) is 19.9 Å². The Balaban J connectivity index is 1.45. The molecule has 1 unspecified atom stereocenters. The molecule has 0 spiro atoms. The van der Waals surface area contributed by atoms with Crippen LogP contribution in [0.1, 0.15) is 32.4 Å². The van der Waals surface area contributed by atoms with E-state index in [0.717, 1.165) is 27.8 Å². The molecule has 0 saturated carbocycles. The third kappa shape index (κ3) is 5.02. The average molecular weight is 470 g/mol. The molecule has 35 heavy (non-hydrogen) atoms. The SMILES string of the molecule is CC(C)OC(=O)COc1cccc(-c2nc(Nc3ccc4c(c3)C(C)NN4)c3ccccc3n2)c1. The van der Waals surface area contributed by atoms with Crippen molar-refractivity contribution in [3.63, 3.8) is 0 Å². The summed E-state index contributed by atoms with van der Waals surface area (Å²) in [5.74, 6) is 1.40. The second kappa shape index (κ2) is 9.60. The fourth-order valence-corrected chi connectivity index (χ4v) is 3.98. The number of nitrogens with zero attached hydrogens (tertiary/aromatic N) is 2. The van der Waals surface area contributed by atoms with Crippen molar-refractivity contribution < 1.29 is 14.3 Å². The fraction of sp³-hybridized carbons (Fsp3) is 0.222. The molecule has 1 aromatic heterocycles. The van der Waals surface area contributed by atoms with Crippen molar-refractivity contribution in [1.82, 2.24) is 15.4 Å². The van der Waals surface area contributed by atoms with Crippen LogP contribution in [0, 0.1) is 0 Å². The highest BCUT2D eigenvalue weighted by Gasteiger charge is 2.18. The van der Waals surface area contributed by atoms with Gasteiger partial charge in [-0.05, 0) is 68.8 Å². The van der Waals surface area contributed by atoms with Gasteiger partial charge in [-0.2, -0.15) is 0 Å². The van der Waals surface area contributed by atoms with Crippen LogP contribution in [0.5, 0.6) is 5.75 Å². The minimum atomic E-state index is -0.409. The molecule has 0 saturated heterocycles. The smallest absolute Gasteiger partial charge is 0.344 e. The molecule has 4 aromatic rings. The molecule has 0 radical (unpaired) electrons. The number of aromatic nitrogens is 2. The zero-order valence-electron chi connectivity index (χ0n) is 19.8. The van der Waals surface area contributed by atoms with Gasteiger partial charge in [-0.15, -0.1) is 0 Å². The lowest BCUT2D eigenvalue weighted by molar-refractivity contribution is -0.149. The molecule has 0 fully saturated rings. The van der Waals surface area contributed by atoms with Gasteiger partial charge < -0.3 is 20.2 Å². The van der Waals surface area contributed by atoms with Gasteiger partial charge in [-0.25, -0.2) is 20.2 Å². The molecule has 5 rings (SSSR count). The molecule has 8 heteroatoms. The number of nitrogens with one attached hydrogen (secondary N) is 3. The van der Waals surface area contributed by atoms with Crippen LogP contribution in [0.15, 0.2) is 66.7 Å². The van der Waals surface area contributed by atoms with Crippen molar-refractivity contribution >= 4 is 34.1 Å². The number of carbonyl (C=O) groups excluding carboxylic acids is 1. The van der Waals surface area contributed by atoms with Gasteiger partial charge >= 0.3 is 5.97 Å². The lowest BCUT2D eigenvalue weighted by atomic mass is 10.1. The van der Waals surface area contributed by atoms with Crippen LogP contribution < -0.4 is 20.9 Å². The first-order valence-electron chi connectivity index (χ1n) is 11.6. The van der Waals surface area contributed by atoms with Gasteiger partial charge in [0.25, 0.3) is 0 Å². The van der Waals surface area contributed by atoms with Crippen LogP contribution in [-0.2, 0) is 9.53 Å². The van der Waals surface area contributed by atoms with Gasteiger partial charge in [0.05, 0.1) is 23.3 Å². The van der Waals surface area contributed by atoms with E-state index in [-0.39, 0.29) is 18.8 Å². The Labute approximate surface area is 203 Å². The van der Waals surface area contributed by atoms with E-state index < -0.39 is 5.97 Å². The topological polar surface area (TPSA) is 97.4 Å². The lowest BCUT2D eigenvalue weighted by Crippen LogP contribution is -2.18. The summed E-state index contributed by atoms with van der Waals surface area (Å²) in [6.07, 6.45) is -0.184. The number of anilines is 3. The third-order valence-electron chi connectivity index (χ3n) is 5.62. The molecule has 1 atom stereocenters. The lowest BCUT2D eigenvalue weighted by Gasteiger charge is -2.13. The van der Waals surface area contributed by atoms with Crippen LogP contribution in [0.3, 0.4) is 0 Å². The maximum Gasteiger partial charge on any atom is 0.344 e. The minimum absolute atomic E-state index is 0.159. The highest BCUT2D eigenvalue weighted by atomic mass is 16.6. The number of hydrazine groups is 1. The summed E-state index contributed by atoms with van der Waals surface area (Å²) in [7, 11) is 0. The zero-order valence-corrected chi connectivity index (χ0v) is 19.8. The van der Waals surface area contributed by atoms with Crippen molar-refractivity contribution in [2.45, 2.75) is 32.9 Å². The van der Waals surface area contributed by atoms with Crippen molar-refractivity contribution in [2.24, 2.45) is 0 Å². The van der Waals surface area contributed by atoms with Gasteiger partial charge in [0, 0.05) is 16.6 Å². The van der Waals surface area contributed by atoms with Gasteiger partial charge in [0.15, 0.2) is 12.4 Å². The van der Waals surface area contributed by atoms with E-state index in [9.17, 15) is 4.79 Å². The van der Waals surface area contributed by atoms with E-state index in [4.69, 9.17) is 19.4 Å². The first kappa shape index (κ1) is 22.6. The van der Waals surface area contributed by atoms with Crippen LogP contribution in [-0.4, -0.2) is 28.6 Å². The molecule has 178 valence electrons. The van der Waals surface area contributed by atoms with E-state index in [2.05, 4.69) is 29.2 Å². The quantitative estimate of drug-likeness (QED) is 0.311. The molecule has 3 aromatic carbocycles. The molecule has 1 aliphatic rings. The summed E-state index contributed by atoms with van der Waals surface area (Å²) >= 11 is 0. The summed E-state index contributed by atoms with van der Waals surface area (Å²) in [5.41, 5.74) is 11.2. The van der Waals surface area contributed by atoms with E-state index >= 15 is 0 Å². The number of esters is 1. The summed E-state index contributed by atoms with van der Waals surface area (Å²) < 4.78 is 10.8. The van der Waals surface area contributed by atoms with Gasteiger partial charge in [0.2, 0.25) is 0 Å². The van der Waals surface area contributed by atoms with Gasteiger partial charge in [-0.3, -0.25) is 0 Å². The van der Waals surface area contributed by atoms with Crippen LogP contribution in [0.2, 0.25) is 0 Å². The summed E-state index contributed by atoms with van der Waals surface area (Å²) in [6, 6.07) is 21.7. The number of benzene rings is 3. The fourth-order valence-electron chi connectivity index (χ4n) is 3.98. The largest absolute Gasteiger partial charge is 0.482 e. The van der Waals surface area contributed by atoms with E-state index in [1.165, 1.54) is 5.56 Å². The standard InChI is InChI=1S/C27H27N5O3/c1-16(2)35-25(33)15-34-20-8-6-7-18(13-20)26-29-23-10-5-4-9-21(23)27(30-26)28-19-11-12-24-22(14-19)17(3)31-32-24/h4-14,16-17,31-32H,15H2,1-3H3,(H,28,29,30). The maximum atomic E-state index is 11.8. The predicted molar refractivity (Wildman–Crippen MR) is 137 cm³/mol. The second-order valence-corrected chi connectivity index (χ2v) is 8.69. The zero-order chi connectivity index (χ0) is 24.4. The van der Waals surface area contributed by atoms with E-state index in [1.807, 2.05) is 54.6 Å². The minimum Gasteiger partial charge on any atom is -0.482 e. The van der Waals surface area contributed by atoms with Gasteiger partial charge in [-0.1, -0.05) is 24.3 Å².